The molecule has 2 N–H and O–H groups in total. The molecule has 1 aromatic rings. The molecule has 0 saturated heterocycles. The first kappa shape index (κ1) is 16.1. The van der Waals surface area contributed by atoms with Crippen molar-refractivity contribution in [3.63, 3.8) is 0 Å². The number of fused-ring (bicyclic) bond motifs is 1. The summed E-state index contributed by atoms with van der Waals surface area (Å²) in [7, 11) is 0. The topological polar surface area (TPSA) is 36.5 Å². The monoisotopic (exact) mass is 291 g/mol. The van der Waals surface area contributed by atoms with E-state index in [1.54, 1.807) is 0 Å². The van der Waals surface area contributed by atoms with Crippen molar-refractivity contribution in [2.24, 2.45) is 0 Å². The van der Waals surface area contributed by atoms with Gasteiger partial charge in [0.1, 0.15) is 11.9 Å². The van der Waals surface area contributed by atoms with Crippen molar-refractivity contribution in [1.29, 1.82) is 0 Å². The Morgan fingerprint density at radius 1 is 1.29 bits per heavy atom. The number of nitrogens with one attached hydrogen (secondary N) is 2. The van der Waals surface area contributed by atoms with Crippen LogP contribution in [0.4, 0.5) is 5.69 Å². The van der Waals surface area contributed by atoms with Crippen LogP contribution in [0, 0.1) is 0 Å². The molecule has 0 amide bonds. The highest BCUT2D eigenvalue weighted by Gasteiger charge is 2.15. The first-order chi connectivity index (χ1) is 10.2. The highest BCUT2D eigenvalue weighted by molar-refractivity contribution is 5.59. The lowest BCUT2D eigenvalue weighted by molar-refractivity contribution is 0.226. The van der Waals surface area contributed by atoms with E-state index in [4.69, 9.17) is 4.74 Å². The minimum atomic E-state index is 0.255. The molecule has 1 aliphatic heterocycles. The second-order valence-corrected chi connectivity index (χ2v) is 5.67. The molecule has 2 rings (SSSR count). The molecule has 1 unspecified atom stereocenters. The van der Waals surface area contributed by atoms with Crippen LogP contribution in [0.1, 0.15) is 26.3 Å². The number of hydrogen-bond acceptors (Lipinski definition) is 4. The van der Waals surface area contributed by atoms with Gasteiger partial charge in [0.05, 0.1) is 12.2 Å². The lowest BCUT2D eigenvalue weighted by Gasteiger charge is -2.25. The van der Waals surface area contributed by atoms with Crippen molar-refractivity contribution >= 4 is 5.69 Å². The van der Waals surface area contributed by atoms with Gasteiger partial charge < -0.3 is 20.3 Å². The number of benzene rings is 1. The molecule has 1 heterocycles. The molecule has 21 heavy (non-hydrogen) atoms. The Morgan fingerprint density at radius 3 is 2.86 bits per heavy atom. The average Bonchev–Trinajstić information content (AvgIpc) is 2.51. The standard InChI is InChI=1S/C17H29N3O/c1-4-20(5-2)11-10-18-9-8-15-6-7-17-16(12-15)19-13-14(3)21-17/h6-7,12,14,18-19H,4-5,8-11,13H2,1-3H3. The molecule has 0 aromatic heterocycles. The van der Waals surface area contributed by atoms with Gasteiger partial charge in [0.25, 0.3) is 0 Å². The summed E-state index contributed by atoms with van der Waals surface area (Å²) in [6.07, 6.45) is 1.31. The van der Waals surface area contributed by atoms with Gasteiger partial charge in [-0.25, -0.2) is 0 Å². The highest BCUT2D eigenvalue weighted by atomic mass is 16.5. The fraction of sp³-hybridized carbons (Fsp3) is 0.647. The van der Waals surface area contributed by atoms with Crippen LogP contribution in [-0.4, -0.2) is 50.3 Å². The van der Waals surface area contributed by atoms with Gasteiger partial charge in [0.2, 0.25) is 0 Å². The summed E-state index contributed by atoms with van der Waals surface area (Å²) in [6, 6.07) is 6.47. The van der Waals surface area contributed by atoms with E-state index in [0.29, 0.717) is 0 Å². The summed E-state index contributed by atoms with van der Waals surface area (Å²) in [4.78, 5) is 2.44. The Kier molecular flexibility index (Phi) is 6.33. The first-order valence-electron chi connectivity index (χ1n) is 8.19. The molecule has 0 spiro atoms. The maximum absolute atomic E-state index is 5.80. The molecule has 1 atom stereocenters. The predicted molar refractivity (Wildman–Crippen MR) is 89.4 cm³/mol. The number of hydrogen-bond donors (Lipinski definition) is 2. The van der Waals surface area contributed by atoms with Crippen molar-refractivity contribution in [3.8, 4) is 5.75 Å². The van der Waals surface area contributed by atoms with Gasteiger partial charge in [-0.05, 0) is 50.7 Å². The van der Waals surface area contributed by atoms with Gasteiger partial charge in [-0.1, -0.05) is 19.9 Å². The van der Waals surface area contributed by atoms with E-state index in [2.05, 4.69) is 54.5 Å². The molecule has 4 heteroatoms. The lowest BCUT2D eigenvalue weighted by atomic mass is 10.1. The van der Waals surface area contributed by atoms with Crippen LogP contribution in [0.5, 0.6) is 5.75 Å². The summed E-state index contributed by atoms with van der Waals surface area (Å²) >= 11 is 0. The zero-order valence-electron chi connectivity index (χ0n) is 13.6. The maximum Gasteiger partial charge on any atom is 0.142 e. The molecular weight excluding hydrogens is 262 g/mol. The predicted octanol–water partition coefficient (Wildman–Crippen LogP) is 2.35. The maximum atomic E-state index is 5.80. The molecule has 0 radical (unpaired) electrons. The Bertz CT molecular complexity index is 432. The fourth-order valence-electron chi connectivity index (χ4n) is 2.62. The van der Waals surface area contributed by atoms with E-state index in [1.165, 1.54) is 5.56 Å². The number of ether oxygens (including phenoxy) is 1. The molecule has 1 aliphatic rings. The van der Waals surface area contributed by atoms with Crippen molar-refractivity contribution in [3.05, 3.63) is 23.8 Å². The van der Waals surface area contributed by atoms with Crippen LogP contribution in [0.2, 0.25) is 0 Å². The third-order valence-electron chi connectivity index (χ3n) is 4.04. The average molecular weight is 291 g/mol. The third kappa shape index (κ3) is 4.90. The Labute approximate surface area is 128 Å². The van der Waals surface area contributed by atoms with Gasteiger partial charge in [-0.15, -0.1) is 0 Å². The van der Waals surface area contributed by atoms with Gasteiger partial charge >= 0.3 is 0 Å². The molecule has 1 aromatic carbocycles. The van der Waals surface area contributed by atoms with E-state index in [-0.39, 0.29) is 6.10 Å². The SMILES string of the molecule is CCN(CC)CCNCCc1ccc2c(c1)NCC(C)O2. The summed E-state index contributed by atoms with van der Waals surface area (Å²) in [5, 5.41) is 6.96. The normalized spacial score (nSPS) is 17.2. The van der Waals surface area contributed by atoms with E-state index in [1.807, 2.05) is 0 Å². The molecule has 0 fully saturated rings. The van der Waals surface area contributed by atoms with Crippen molar-refractivity contribution < 1.29 is 4.74 Å². The molecule has 4 nitrogen and oxygen atoms in total. The minimum Gasteiger partial charge on any atom is -0.487 e. The summed E-state index contributed by atoms with van der Waals surface area (Å²) in [5.74, 6) is 0.979. The minimum absolute atomic E-state index is 0.255. The Balaban J connectivity index is 1.72. The first-order valence-corrected chi connectivity index (χ1v) is 8.19. The quantitative estimate of drug-likeness (QED) is 0.721. The van der Waals surface area contributed by atoms with Crippen LogP contribution >= 0.6 is 0 Å². The number of nitrogens with zero attached hydrogens (tertiary/aromatic N) is 1. The van der Waals surface area contributed by atoms with Gasteiger partial charge in [0, 0.05) is 13.1 Å². The number of rotatable bonds is 8. The van der Waals surface area contributed by atoms with E-state index < -0.39 is 0 Å². The van der Waals surface area contributed by atoms with Gasteiger partial charge in [-0.2, -0.15) is 0 Å². The summed E-state index contributed by atoms with van der Waals surface area (Å²) in [6.45, 7) is 12.9. The van der Waals surface area contributed by atoms with Gasteiger partial charge in [0.15, 0.2) is 0 Å². The van der Waals surface area contributed by atoms with E-state index >= 15 is 0 Å². The zero-order chi connectivity index (χ0) is 15.1. The highest BCUT2D eigenvalue weighted by Crippen LogP contribution is 2.29. The summed E-state index contributed by atoms with van der Waals surface area (Å²) < 4.78 is 5.80. The van der Waals surface area contributed by atoms with Crippen LogP contribution < -0.4 is 15.4 Å². The number of likely N-dealkylation sites (N-methyl/N-ethyl adjacent to an activating group) is 1. The van der Waals surface area contributed by atoms with Crippen LogP contribution in [0.3, 0.4) is 0 Å². The van der Waals surface area contributed by atoms with E-state index in [0.717, 1.165) is 57.1 Å². The zero-order valence-corrected chi connectivity index (χ0v) is 13.6. The molecular formula is C17H29N3O. The van der Waals surface area contributed by atoms with Crippen molar-refractivity contribution in [2.45, 2.75) is 33.3 Å². The number of anilines is 1. The Hall–Kier alpha value is -1.26. The second-order valence-electron chi connectivity index (χ2n) is 5.67. The lowest BCUT2D eigenvalue weighted by Crippen LogP contribution is -2.32. The molecule has 0 bridgehead atoms. The smallest absolute Gasteiger partial charge is 0.142 e. The van der Waals surface area contributed by atoms with E-state index in [9.17, 15) is 0 Å². The molecule has 118 valence electrons. The Morgan fingerprint density at radius 2 is 2.10 bits per heavy atom. The summed E-state index contributed by atoms with van der Waals surface area (Å²) in [5.41, 5.74) is 2.49. The van der Waals surface area contributed by atoms with Gasteiger partial charge in [-0.3, -0.25) is 0 Å². The van der Waals surface area contributed by atoms with Crippen LogP contribution in [-0.2, 0) is 6.42 Å². The third-order valence-corrected chi connectivity index (χ3v) is 4.04. The fourth-order valence-corrected chi connectivity index (χ4v) is 2.62. The van der Waals surface area contributed by atoms with Crippen molar-refractivity contribution in [2.75, 3.05) is 44.6 Å². The molecule has 0 aliphatic carbocycles. The van der Waals surface area contributed by atoms with Crippen LogP contribution in [0.15, 0.2) is 18.2 Å². The van der Waals surface area contributed by atoms with Crippen LogP contribution in [0.25, 0.3) is 0 Å². The second kappa shape index (κ2) is 8.25. The van der Waals surface area contributed by atoms with Crippen molar-refractivity contribution in [1.82, 2.24) is 10.2 Å². The largest absolute Gasteiger partial charge is 0.487 e. The molecule has 0 saturated carbocycles.